The zero-order valence-corrected chi connectivity index (χ0v) is 10.7. The summed E-state index contributed by atoms with van der Waals surface area (Å²) in [6, 6.07) is 2.08. The summed E-state index contributed by atoms with van der Waals surface area (Å²) < 4.78 is 7.23. The van der Waals surface area contributed by atoms with Gasteiger partial charge in [0.1, 0.15) is 6.04 Å². The van der Waals surface area contributed by atoms with Gasteiger partial charge in [0, 0.05) is 18.8 Å². The lowest BCUT2D eigenvalue weighted by molar-refractivity contribution is 0.342. The molecule has 0 aliphatic carbocycles. The number of imidazole rings is 1. The minimum absolute atomic E-state index is 0.0104. The molecule has 0 bridgehead atoms. The average Bonchev–Trinajstić information content (AvgIpc) is 3.11. The van der Waals surface area contributed by atoms with Crippen LogP contribution in [0.5, 0.6) is 0 Å². The van der Waals surface area contributed by atoms with E-state index in [9.17, 15) is 0 Å². The molecule has 0 amide bonds. The van der Waals surface area contributed by atoms with Crippen molar-refractivity contribution >= 4 is 11.3 Å². The van der Waals surface area contributed by atoms with E-state index in [-0.39, 0.29) is 6.04 Å². The van der Waals surface area contributed by atoms with Gasteiger partial charge in [0.15, 0.2) is 5.82 Å². The lowest BCUT2D eigenvalue weighted by Crippen LogP contribution is -2.04. The highest BCUT2D eigenvalue weighted by molar-refractivity contribution is 7.07. The summed E-state index contributed by atoms with van der Waals surface area (Å²) in [5.41, 5.74) is 1.21. The molecule has 92 valence electrons. The molecule has 1 unspecified atom stereocenters. The Morgan fingerprint density at radius 3 is 3.17 bits per heavy atom. The van der Waals surface area contributed by atoms with Crippen molar-refractivity contribution in [2.75, 3.05) is 0 Å². The summed E-state index contributed by atoms with van der Waals surface area (Å²) in [5.74, 6) is 1.33. The van der Waals surface area contributed by atoms with Gasteiger partial charge in [0.25, 0.3) is 0 Å². The second-order valence-corrected chi connectivity index (χ2v) is 4.82. The van der Waals surface area contributed by atoms with Crippen LogP contribution in [0.4, 0.5) is 0 Å². The Morgan fingerprint density at radius 2 is 2.44 bits per heavy atom. The molecule has 3 aromatic rings. The third kappa shape index (κ3) is 2.19. The molecule has 0 fully saturated rings. The molecule has 6 heteroatoms. The highest BCUT2D eigenvalue weighted by atomic mass is 32.1. The quantitative estimate of drug-likeness (QED) is 0.723. The molecule has 0 aliphatic heterocycles. The molecule has 18 heavy (non-hydrogen) atoms. The number of nitrogens with zero attached hydrogens (tertiary/aromatic N) is 4. The van der Waals surface area contributed by atoms with Crippen molar-refractivity contribution in [3.63, 3.8) is 0 Å². The summed E-state index contributed by atoms with van der Waals surface area (Å²) in [6.07, 6.45) is 6.07. The molecular weight excluding hydrogens is 248 g/mol. The van der Waals surface area contributed by atoms with Crippen LogP contribution < -0.4 is 0 Å². The first-order chi connectivity index (χ1) is 8.83. The Bertz CT molecular complexity index is 600. The molecule has 0 aliphatic rings. The average molecular weight is 260 g/mol. The summed E-state index contributed by atoms with van der Waals surface area (Å²) >= 11 is 1.67. The van der Waals surface area contributed by atoms with Gasteiger partial charge in [-0.3, -0.25) is 0 Å². The molecule has 0 spiro atoms. The maximum Gasteiger partial charge on any atom is 0.249 e. The second-order valence-electron chi connectivity index (χ2n) is 4.04. The zero-order chi connectivity index (χ0) is 12.4. The van der Waals surface area contributed by atoms with E-state index in [0.717, 1.165) is 5.82 Å². The van der Waals surface area contributed by atoms with Crippen molar-refractivity contribution in [1.82, 2.24) is 19.7 Å². The number of hydrogen-bond donors (Lipinski definition) is 0. The van der Waals surface area contributed by atoms with E-state index in [1.807, 2.05) is 23.1 Å². The molecule has 5 nitrogen and oxygen atoms in total. The summed E-state index contributed by atoms with van der Waals surface area (Å²) in [5, 5.41) is 8.15. The summed E-state index contributed by atoms with van der Waals surface area (Å²) in [4.78, 5) is 8.43. The van der Waals surface area contributed by atoms with Crippen molar-refractivity contribution in [2.24, 2.45) is 0 Å². The number of hydrogen-bond acceptors (Lipinski definition) is 5. The SMILES string of the molecule is CC(c1nc(Cc2ccsc2)no1)n1ccnc1. The van der Waals surface area contributed by atoms with Gasteiger partial charge in [0.05, 0.1) is 6.33 Å². The highest BCUT2D eigenvalue weighted by Crippen LogP contribution is 2.17. The normalized spacial score (nSPS) is 12.7. The Kier molecular flexibility index (Phi) is 2.93. The molecule has 3 aromatic heterocycles. The van der Waals surface area contributed by atoms with Gasteiger partial charge in [-0.05, 0) is 29.3 Å². The van der Waals surface area contributed by atoms with E-state index >= 15 is 0 Å². The first kappa shape index (κ1) is 11.2. The topological polar surface area (TPSA) is 56.7 Å². The van der Waals surface area contributed by atoms with Crippen LogP contribution in [0.3, 0.4) is 0 Å². The predicted molar refractivity (Wildman–Crippen MR) is 67.5 cm³/mol. The van der Waals surface area contributed by atoms with E-state index < -0.39 is 0 Å². The van der Waals surface area contributed by atoms with Gasteiger partial charge in [-0.25, -0.2) is 4.98 Å². The van der Waals surface area contributed by atoms with E-state index in [0.29, 0.717) is 12.3 Å². The first-order valence-electron chi connectivity index (χ1n) is 5.64. The third-order valence-electron chi connectivity index (χ3n) is 2.76. The van der Waals surface area contributed by atoms with Gasteiger partial charge in [-0.1, -0.05) is 5.16 Å². The molecule has 0 radical (unpaired) electrons. The molecule has 3 rings (SSSR count). The molecule has 0 saturated carbocycles. The predicted octanol–water partition coefficient (Wildman–Crippen LogP) is 2.53. The van der Waals surface area contributed by atoms with Crippen LogP contribution in [0.25, 0.3) is 0 Å². The molecule has 1 atom stereocenters. The second kappa shape index (κ2) is 4.73. The fourth-order valence-electron chi connectivity index (χ4n) is 1.71. The van der Waals surface area contributed by atoms with Crippen LogP contribution in [0.1, 0.15) is 30.2 Å². The Hall–Kier alpha value is -1.95. The van der Waals surface area contributed by atoms with Crippen molar-refractivity contribution in [3.05, 3.63) is 52.8 Å². The van der Waals surface area contributed by atoms with Gasteiger partial charge in [-0.15, -0.1) is 0 Å². The smallest absolute Gasteiger partial charge is 0.249 e. The number of aromatic nitrogens is 4. The van der Waals surface area contributed by atoms with Crippen LogP contribution in [-0.2, 0) is 6.42 Å². The molecule has 3 heterocycles. The van der Waals surface area contributed by atoms with Gasteiger partial charge in [-0.2, -0.15) is 16.3 Å². The van der Waals surface area contributed by atoms with E-state index in [4.69, 9.17) is 4.52 Å². The monoisotopic (exact) mass is 260 g/mol. The van der Waals surface area contributed by atoms with E-state index in [1.54, 1.807) is 23.9 Å². The van der Waals surface area contributed by atoms with Crippen molar-refractivity contribution in [1.29, 1.82) is 0 Å². The minimum atomic E-state index is 0.0104. The molecule has 0 N–H and O–H groups in total. The Balaban J connectivity index is 1.77. The maximum absolute atomic E-state index is 5.29. The number of thiophene rings is 1. The maximum atomic E-state index is 5.29. The third-order valence-corrected chi connectivity index (χ3v) is 3.49. The van der Waals surface area contributed by atoms with Crippen molar-refractivity contribution < 1.29 is 4.52 Å². The zero-order valence-electron chi connectivity index (χ0n) is 9.85. The van der Waals surface area contributed by atoms with Crippen molar-refractivity contribution in [3.8, 4) is 0 Å². The molecule has 0 saturated heterocycles. The summed E-state index contributed by atoms with van der Waals surface area (Å²) in [6.45, 7) is 2.00. The van der Waals surface area contributed by atoms with Gasteiger partial charge < -0.3 is 9.09 Å². The Labute approximate surface area is 108 Å². The van der Waals surface area contributed by atoms with Gasteiger partial charge >= 0.3 is 0 Å². The van der Waals surface area contributed by atoms with Crippen molar-refractivity contribution in [2.45, 2.75) is 19.4 Å². The highest BCUT2D eigenvalue weighted by Gasteiger charge is 2.15. The van der Waals surface area contributed by atoms with E-state index in [2.05, 4.69) is 26.6 Å². The van der Waals surface area contributed by atoms with Crippen LogP contribution >= 0.6 is 11.3 Å². The fourth-order valence-corrected chi connectivity index (χ4v) is 2.38. The molecular formula is C12H12N4OS. The van der Waals surface area contributed by atoms with Gasteiger partial charge in [0.2, 0.25) is 5.89 Å². The summed E-state index contributed by atoms with van der Waals surface area (Å²) in [7, 11) is 0. The van der Waals surface area contributed by atoms with Crippen LogP contribution in [0, 0.1) is 0 Å². The van der Waals surface area contributed by atoms with E-state index in [1.165, 1.54) is 5.56 Å². The van der Waals surface area contributed by atoms with Crippen LogP contribution in [0.2, 0.25) is 0 Å². The van der Waals surface area contributed by atoms with Crippen LogP contribution in [0.15, 0.2) is 40.1 Å². The first-order valence-corrected chi connectivity index (χ1v) is 6.58. The van der Waals surface area contributed by atoms with Crippen LogP contribution in [-0.4, -0.2) is 19.7 Å². The lowest BCUT2D eigenvalue weighted by Gasteiger charge is -2.06. The lowest BCUT2D eigenvalue weighted by atomic mass is 10.2. The molecule has 0 aromatic carbocycles. The Morgan fingerprint density at radius 1 is 1.50 bits per heavy atom. The number of rotatable bonds is 4. The standard InChI is InChI=1S/C12H12N4OS/c1-9(16-4-3-13-8-16)12-14-11(15-17-12)6-10-2-5-18-7-10/h2-5,7-9H,6H2,1H3. The largest absolute Gasteiger partial charge is 0.337 e. The minimum Gasteiger partial charge on any atom is -0.337 e. The fraction of sp³-hybridized carbons (Fsp3) is 0.250.